The number of hydrogen-bond acceptors (Lipinski definition) is 7. The van der Waals surface area contributed by atoms with Gasteiger partial charge in [0.2, 0.25) is 0 Å². The summed E-state index contributed by atoms with van der Waals surface area (Å²) in [7, 11) is 0. The molecule has 0 amide bonds. The molecule has 0 aliphatic rings. The second kappa shape index (κ2) is 9.50. The fraction of sp³-hybridized carbons (Fsp3) is 0.0435. The van der Waals surface area contributed by atoms with Crippen molar-refractivity contribution in [2.75, 3.05) is 5.32 Å². The zero-order chi connectivity index (χ0) is 25.2. The smallest absolute Gasteiger partial charge is 0.416 e. The number of nitrogens with one attached hydrogen (secondary N) is 1. The van der Waals surface area contributed by atoms with Crippen LogP contribution in [0.5, 0.6) is 5.75 Å². The van der Waals surface area contributed by atoms with E-state index in [0.29, 0.717) is 16.4 Å². The molecule has 4 rings (SSSR count). The fourth-order valence-corrected chi connectivity index (χ4v) is 3.72. The van der Waals surface area contributed by atoms with Crippen LogP contribution in [0.15, 0.2) is 76.3 Å². The van der Waals surface area contributed by atoms with E-state index >= 15 is 0 Å². The molecular weight excluding hydrogens is 488 g/mol. The lowest BCUT2D eigenvalue weighted by Gasteiger charge is -2.09. The molecule has 1 heterocycles. The van der Waals surface area contributed by atoms with Crippen molar-refractivity contribution in [2.24, 2.45) is 10.2 Å². The fourth-order valence-electron chi connectivity index (χ4n) is 2.98. The number of anilines is 2. The molecule has 1 aromatic heterocycles. The van der Waals surface area contributed by atoms with E-state index in [0.717, 1.165) is 41.7 Å². The maximum absolute atomic E-state index is 14.3. The van der Waals surface area contributed by atoms with Crippen LogP contribution < -0.4 is 5.32 Å². The van der Waals surface area contributed by atoms with Crippen molar-refractivity contribution in [3.05, 3.63) is 83.0 Å². The largest absolute Gasteiger partial charge is 0.507 e. The summed E-state index contributed by atoms with van der Waals surface area (Å²) in [5.41, 5.74) is -0.108. The van der Waals surface area contributed by atoms with E-state index in [9.17, 15) is 27.5 Å². The monoisotopic (exact) mass is 502 g/mol. The van der Waals surface area contributed by atoms with Crippen molar-refractivity contribution < 1.29 is 32.6 Å². The number of nitrogens with zero attached hydrogens (tertiary/aromatic N) is 3. The average molecular weight is 502 g/mol. The van der Waals surface area contributed by atoms with Gasteiger partial charge in [-0.2, -0.15) is 18.3 Å². The van der Waals surface area contributed by atoms with Gasteiger partial charge in [0.05, 0.1) is 16.9 Å². The molecule has 0 fully saturated rings. The third-order valence-electron chi connectivity index (χ3n) is 4.67. The minimum Gasteiger partial charge on any atom is -0.507 e. The Hall–Kier alpha value is -4.32. The van der Waals surface area contributed by atoms with E-state index in [2.05, 4.69) is 20.5 Å². The van der Waals surface area contributed by atoms with Gasteiger partial charge < -0.3 is 15.5 Å². The molecule has 3 aromatic carbocycles. The van der Waals surface area contributed by atoms with Gasteiger partial charge in [-0.25, -0.2) is 14.2 Å². The third-order valence-corrected chi connectivity index (χ3v) is 5.43. The Morgan fingerprint density at radius 3 is 2.57 bits per heavy atom. The number of carboxylic acids is 1. The van der Waals surface area contributed by atoms with E-state index < -0.39 is 29.3 Å². The molecular formula is C23H14F4N4O3S. The Labute approximate surface area is 199 Å². The van der Waals surface area contributed by atoms with Crippen LogP contribution in [0.25, 0.3) is 11.3 Å². The van der Waals surface area contributed by atoms with Crippen LogP contribution in [0, 0.1) is 5.82 Å². The number of benzene rings is 3. The summed E-state index contributed by atoms with van der Waals surface area (Å²) in [6.07, 6.45) is -4.47. The van der Waals surface area contributed by atoms with Crippen molar-refractivity contribution in [1.82, 2.24) is 4.98 Å². The zero-order valence-corrected chi connectivity index (χ0v) is 18.2. The summed E-state index contributed by atoms with van der Waals surface area (Å²) in [6.45, 7) is 0. The van der Waals surface area contributed by atoms with E-state index in [-0.39, 0.29) is 22.6 Å². The number of rotatable bonds is 6. The number of halogens is 4. The molecule has 3 N–H and O–H groups in total. The van der Waals surface area contributed by atoms with Gasteiger partial charge in [0.15, 0.2) is 10.9 Å². The summed E-state index contributed by atoms with van der Waals surface area (Å²) in [4.78, 5) is 15.5. The summed E-state index contributed by atoms with van der Waals surface area (Å²) < 4.78 is 53.0. The minimum absolute atomic E-state index is 0.0891. The number of phenols is 1. The van der Waals surface area contributed by atoms with Crippen molar-refractivity contribution >= 4 is 39.5 Å². The van der Waals surface area contributed by atoms with Crippen molar-refractivity contribution in [1.29, 1.82) is 0 Å². The molecule has 4 aromatic rings. The molecule has 0 atom stereocenters. The molecule has 7 nitrogen and oxygen atoms in total. The molecule has 0 unspecified atom stereocenters. The SMILES string of the molecule is O=C(O)c1cc(/N=N\c2cc(-c3csc(Nc4cccc(C(F)(F)F)c4)n3)ccc2F)ccc1O. The Kier molecular flexibility index (Phi) is 6.47. The van der Waals surface area contributed by atoms with Gasteiger partial charge in [-0.1, -0.05) is 6.07 Å². The van der Waals surface area contributed by atoms with Crippen molar-refractivity contribution in [2.45, 2.75) is 6.18 Å². The third kappa shape index (κ3) is 5.61. The highest BCUT2D eigenvalue weighted by molar-refractivity contribution is 7.14. The van der Waals surface area contributed by atoms with Gasteiger partial charge in [0, 0.05) is 16.6 Å². The second-order valence-electron chi connectivity index (χ2n) is 7.11. The first-order valence-corrected chi connectivity index (χ1v) is 10.7. The number of carbonyl (C=O) groups is 1. The predicted molar refractivity (Wildman–Crippen MR) is 121 cm³/mol. The molecule has 178 valence electrons. The molecule has 0 saturated heterocycles. The molecule has 12 heteroatoms. The zero-order valence-electron chi connectivity index (χ0n) is 17.4. The first kappa shape index (κ1) is 23.8. The van der Waals surface area contributed by atoms with Crippen LogP contribution in [0.3, 0.4) is 0 Å². The first-order chi connectivity index (χ1) is 16.6. The number of aromatic nitrogens is 1. The van der Waals surface area contributed by atoms with Crippen molar-refractivity contribution in [3.63, 3.8) is 0 Å². The standard InChI is InChI=1S/C23H14F4N4O3S/c24-17-6-4-12(8-18(17)31-30-15-5-7-20(32)16(10-15)21(33)34)19-11-35-22(29-19)28-14-3-1-2-13(9-14)23(25,26)27/h1-11,32H,(H,28,29)(H,33,34)/b31-30-. The molecule has 0 bridgehead atoms. The Morgan fingerprint density at radius 2 is 1.83 bits per heavy atom. The van der Waals surface area contributed by atoms with Crippen LogP contribution in [0.1, 0.15) is 15.9 Å². The Bertz CT molecular complexity index is 1440. The number of aromatic hydroxyl groups is 1. The number of thiazole rings is 1. The lowest BCUT2D eigenvalue weighted by Crippen LogP contribution is -2.05. The summed E-state index contributed by atoms with van der Waals surface area (Å²) in [6, 6.07) is 12.2. The summed E-state index contributed by atoms with van der Waals surface area (Å²) >= 11 is 1.15. The maximum Gasteiger partial charge on any atom is 0.416 e. The van der Waals surface area contributed by atoms with E-state index in [1.54, 1.807) is 5.38 Å². The number of aromatic carboxylic acids is 1. The lowest BCUT2D eigenvalue weighted by atomic mass is 10.1. The van der Waals surface area contributed by atoms with Gasteiger partial charge in [-0.3, -0.25) is 0 Å². The Morgan fingerprint density at radius 1 is 1.03 bits per heavy atom. The lowest BCUT2D eigenvalue weighted by molar-refractivity contribution is -0.137. The Balaban J connectivity index is 1.55. The number of hydrogen-bond donors (Lipinski definition) is 3. The van der Waals surface area contributed by atoms with E-state index in [4.69, 9.17) is 5.11 Å². The first-order valence-electron chi connectivity index (χ1n) is 9.78. The van der Waals surface area contributed by atoms with Crippen LogP contribution in [-0.4, -0.2) is 21.2 Å². The highest BCUT2D eigenvalue weighted by atomic mass is 32.1. The minimum atomic E-state index is -4.47. The van der Waals surface area contributed by atoms with Crippen molar-refractivity contribution in [3.8, 4) is 17.0 Å². The van der Waals surface area contributed by atoms with Crippen LogP contribution in [0.4, 0.5) is 39.8 Å². The summed E-state index contributed by atoms with van der Waals surface area (Å²) in [5, 5.41) is 31.1. The van der Waals surface area contributed by atoms with Gasteiger partial charge in [0.25, 0.3) is 0 Å². The normalized spacial score (nSPS) is 11.7. The molecule has 0 aliphatic heterocycles. The maximum atomic E-state index is 14.3. The number of azo groups is 1. The van der Waals surface area contributed by atoms with E-state index in [1.807, 2.05) is 0 Å². The highest BCUT2D eigenvalue weighted by Gasteiger charge is 2.30. The van der Waals surface area contributed by atoms with Gasteiger partial charge in [-0.05, 0) is 54.6 Å². The second-order valence-corrected chi connectivity index (χ2v) is 7.97. The highest BCUT2D eigenvalue weighted by Crippen LogP contribution is 2.34. The van der Waals surface area contributed by atoms with Gasteiger partial charge >= 0.3 is 12.1 Å². The number of carboxylic acid groups (broad SMARTS) is 1. The van der Waals surface area contributed by atoms with Gasteiger partial charge in [-0.15, -0.1) is 16.5 Å². The van der Waals surface area contributed by atoms with Gasteiger partial charge in [0.1, 0.15) is 17.0 Å². The molecule has 35 heavy (non-hydrogen) atoms. The molecule has 0 aliphatic carbocycles. The van der Waals surface area contributed by atoms with Crippen LogP contribution in [0.2, 0.25) is 0 Å². The molecule has 0 saturated carbocycles. The van der Waals surface area contributed by atoms with E-state index in [1.165, 1.54) is 30.3 Å². The molecule has 0 radical (unpaired) electrons. The number of alkyl halides is 3. The predicted octanol–water partition coefficient (Wildman–Crippen LogP) is 7.53. The van der Waals surface area contributed by atoms with Crippen LogP contribution in [-0.2, 0) is 6.18 Å². The quantitative estimate of drug-likeness (QED) is 0.187. The summed E-state index contributed by atoms with van der Waals surface area (Å²) in [5.74, 6) is -2.49. The molecule has 0 spiro atoms. The van der Waals surface area contributed by atoms with Crippen LogP contribution >= 0.6 is 11.3 Å². The average Bonchev–Trinajstić information content (AvgIpc) is 3.27. The topological polar surface area (TPSA) is 107 Å².